The van der Waals surface area contributed by atoms with Crippen molar-refractivity contribution in [2.75, 3.05) is 26.8 Å². The molecule has 3 heteroatoms. The Labute approximate surface area is 109 Å². The number of hydrogen-bond acceptors (Lipinski definition) is 3. The van der Waals surface area contributed by atoms with Gasteiger partial charge in [-0.25, -0.2) is 0 Å². The average molecular weight is 246 g/mol. The van der Waals surface area contributed by atoms with Crippen molar-refractivity contribution in [1.29, 1.82) is 0 Å². The Balaban J connectivity index is 1.75. The first kappa shape index (κ1) is 12.2. The van der Waals surface area contributed by atoms with Crippen molar-refractivity contribution in [3.05, 3.63) is 35.4 Å². The van der Waals surface area contributed by atoms with Crippen LogP contribution in [0.15, 0.2) is 24.3 Å². The van der Waals surface area contributed by atoms with E-state index in [0.29, 0.717) is 12.0 Å². The first-order valence-corrected chi connectivity index (χ1v) is 6.87. The minimum Gasteiger partial charge on any atom is -0.384 e. The zero-order chi connectivity index (χ0) is 12.5. The Hall–Kier alpha value is -0.900. The van der Waals surface area contributed by atoms with Crippen LogP contribution in [0.5, 0.6) is 0 Å². The lowest BCUT2D eigenvalue weighted by molar-refractivity contribution is 0.146. The van der Waals surface area contributed by atoms with Gasteiger partial charge in [-0.05, 0) is 36.4 Å². The van der Waals surface area contributed by atoms with E-state index in [1.54, 1.807) is 7.11 Å². The Morgan fingerprint density at radius 1 is 1.33 bits per heavy atom. The topological polar surface area (TPSA) is 38.5 Å². The molecule has 3 atom stereocenters. The van der Waals surface area contributed by atoms with Crippen LogP contribution in [0, 0.1) is 5.92 Å². The lowest BCUT2D eigenvalue weighted by Gasteiger charge is -2.25. The molecule has 3 nitrogen and oxygen atoms in total. The molecular formula is C15H22N2O. The predicted octanol–water partition coefficient (Wildman–Crippen LogP) is 2.10. The van der Waals surface area contributed by atoms with Crippen molar-refractivity contribution in [1.82, 2.24) is 4.90 Å². The van der Waals surface area contributed by atoms with Gasteiger partial charge >= 0.3 is 0 Å². The molecule has 1 aromatic rings. The van der Waals surface area contributed by atoms with Crippen LogP contribution in [-0.4, -0.2) is 31.7 Å². The quantitative estimate of drug-likeness (QED) is 0.887. The number of ether oxygens (including phenoxy) is 1. The highest BCUT2D eigenvalue weighted by atomic mass is 16.5. The highest BCUT2D eigenvalue weighted by Gasteiger charge is 2.35. The summed E-state index contributed by atoms with van der Waals surface area (Å²) in [5.74, 6) is 0.694. The number of fused-ring (bicyclic) bond motifs is 1. The fourth-order valence-corrected chi connectivity index (χ4v) is 3.51. The lowest BCUT2D eigenvalue weighted by Crippen LogP contribution is -2.26. The van der Waals surface area contributed by atoms with Gasteiger partial charge in [-0.3, -0.25) is 4.90 Å². The molecule has 1 aliphatic carbocycles. The molecule has 0 saturated carbocycles. The zero-order valence-corrected chi connectivity index (χ0v) is 11.0. The summed E-state index contributed by atoms with van der Waals surface area (Å²) in [6, 6.07) is 9.40. The molecule has 0 bridgehead atoms. The van der Waals surface area contributed by atoms with Crippen LogP contribution < -0.4 is 5.73 Å². The van der Waals surface area contributed by atoms with Crippen LogP contribution in [0.4, 0.5) is 0 Å². The van der Waals surface area contributed by atoms with E-state index in [1.807, 2.05) is 0 Å². The number of nitrogens with zero attached hydrogens (tertiary/aromatic N) is 1. The Bertz CT molecular complexity index is 421. The molecule has 0 amide bonds. The highest BCUT2D eigenvalue weighted by molar-refractivity contribution is 5.37. The van der Waals surface area contributed by atoms with Crippen LogP contribution in [0.2, 0.25) is 0 Å². The normalized spacial score (nSPS) is 31.8. The van der Waals surface area contributed by atoms with Gasteiger partial charge in [0.15, 0.2) is 0 Å². The van der Waals surface area contributed by atoms with E-state index in [1.165, 1.54) is 24.1 Å². The van der Waals surface area contributed by atoms with Gasteiger partial charge in [0.1, 0.15) is 0 Å². The van der Waals surface area contributed by atoms with E-state index in [0.717, 1.165) is 19.6 Å². The summed E-state index contributed by atoms with van der Waals surface area (Å²) in [5, 5.41) is 0. The van der Waals surface area contributed by atoms with Gasteiger partial charge in [-0.1, -0.05) is 24.3 Å². The second kappa shape index (κ2) is 5.00. The van der Waals surface area contributed by atoms with E-state index in [9.17, 15) is 0 Å². The third kappa shape index (κ3) is 2.07. The van der Waals surface area contributed by atoms with Crippen molar-refractivity contribution >= 4 is 0 Å². The lowest BCUT2D eigenvalue weighted by atomic mass is 10.1. The summed E-state index contributed by atoms with van der Waals surface area (Å²) in [7, 11) is 1.80. The molecule has 1 fully saturated rings. The van der Waals surface area contributed by atoms with E-state index in [-0.39, 0.29) is 6.04 Å². The standard InChI is InChI=1S/C15H22N2O/c1-18-10-11-6-7-17(9-11)15-8-14(16)12-4-2-3-5-13(12)15/h2-5,11,14-15H,6-10,16H2,1H3. The zero-order valence-electron chi connectivity index (χ0n) is 11.0. The maximum Gasteiger partial charge on any atom is 0.0503 e. The molecule has 0 aromatic heterocycles. The van der Waals surface area contributed by atoms with Crippen LogP contribution in [-0.2, 0) is 4.74 Å². The van der Waals surface area contributed by atoms with Crippen molar-refractivity contribution in [2.45, 2.75) is 24.9 Å². The van der Waals surface area contributed by atoms with Gasteiger partial charge in [-0.15, -0.1) is 0 Å². The van der Waals surface area contributed by atoms with Gasteiger partial charge in [0.05, 0.1) is 6.61 Å². The van der Waals surface area contributed by atoms with Crippen molar-refractivity contribution in [3.8, 4) is 0 Å². The van der Waals surface area contributed by atoms with E-state index >= 15 is 0 Å². The molecule has 2 N–H and O–H groups in total. The molecule has 3 rings (SSSR count). The minimum absolute atomic E-state index is 0.215. The van der Waals surface area contributed by atoms with Gasteiger partial charge in [0, 0.05) is 25.7 Å². The van der Waals surface area contributed by atoms with Crippen LogP contribution >= 0.6 is 0 Å². The summed E-state index contributed by atoms with van der Waals surface area (Å²) in [5.41, 5.74) is 9.04. The number of hydrogen-bond donors (Lipinski definition) is 1. The maximum atomic E-state index is 6.25. The predicted molar refractivity (Wildman–Crippen MR) is 72.3 cm³/mol. The molecule has 1 heterocycles. The maximum absolute atomic E-state index is 6.25. The van der Waals surface area contributed by atoms with Crippen LogP contribution in [0.3, 0.4) is 0 Å². The molecule has 1 aliphatic heterocycles. The summed E-state index contributed by atoms with van der Waals surface area (Å²) in [4.78, 5) is 2.59. The average Bonchev–Trinajstić information content (AvgIpc) is 2.96. The van der Waals surface area contributed by atoms with Crippen molar-refractivity contribution in [2.24, 2.45) is 11.7 Å². The third-order valence-corrected chi connectivity index (χ3v) is 4.39. The number of likely N-dealkylation sites (tertiary alicyclic amines) is 1. The first-order chi connectivity index (χ1) is 8.79. The largest absolute Gasteiger partial charge is 0.384 e. The SMILES string of the molecule is COCC1CCN(C2CC(N)c3ccccc32)C1. The second-order valence-electron chi connectivity index (χ2n) is 5.59. The fourth-order valence-electron chi connectivity index (χ4n) is 3.51. The molecule has 1 aromatic carbocycles. The summed E-state index contributed by atoms with van der Waals surface area (Å²) >= 11 is 0. The smallest absolute Gasteiger partial charge is 0.0503 e. The van der Waals surface area contributed by atoms with E-state index in [4.69, 9.17) is 10.5 Å². The molecule has 1 saturated heterocycles. The van der Waals surface area contributed by atoms with Crippen molar-refractivity contribution in [3.63, 3.8) is 0 Å². The Kier molecular flexibility index (Phi) is 3.37. The molecule has 3 unspecified atom stereocenters. The Morgan fingerprint density at radius 2 is 2.11 bits per heavy atom. The highest BCUT2D eigenvalue weighted by Crippen LogP contribution is 2.42. The Morgan fingerprint density at radius 3 is 2.89 bits per heavy atom. The fraction of sp³-hybridized carbons (Fsp3) is 0.600. The van der Waals surface area contributed by atoms with Gasteiger partial charge in [0.25, 0.3) is 0 Å². The minimum atomic E-state index is 0.215. The molecule has 0 spiro atoms. The molecular weight excluding hydrogens is 224 g/mol. The number of benzene rings is 1. The van der Waals surface area contributed by atoms with Crippen molar-refractivity contribution < 1.29 is 4.74 Å². The summed E-state index contributed by atoms with van der Waals surface area (Å²) in [6.45, 7) is 3.22. The summed E-state index contributed by atoms with van der Waals surface area (Å²) in [6.07, 6.45) is 2.32. The molecule has 98 valence electrons. The first-order valence-electron chi connectivity index (χ1n) is 6.87. The van der Waals surface area contributed by atoms with E-state index in [2.05, 4.69) is 29.2 Å². The number of rotatable bonds is 3. The number of nitrogens with two attached hydrogens (primary N) is 1. The molecule has 2 aliphatic rings. The van der Waals surface area contributed by atoms with Crippen LogP contribution in [0.25, 0.3) is 0 Å². The van der Waals surface area contributed by atoms with Gasteiger partial charge in [-0.2, -0.15) is 0 Å². The molecule has 0 radical (unpaired) electrons. The van der Waals surface area contributed by atoms with Crippen LogP contribution in [0.1, 0.15) is 36.1 Å². The van der Waals surface area contributed by atoms with Gasteiger partial charge in [0.2, 0.25) is 0 Å². The number of methoxy groups -OCH3 is 1. The summed E-state index contributed by atoms with van der Waals surface area (Å²) < 4.78 is 5.28. The third-order valence-electron chi connectivity index (χ3n) is 4.39. The monoisotopic (exact) mass is 246 g/mol. The van der Waals surface area contributed by atoms with E-state index < -0.39 is 0 Å². The van der Waals surface area contributed by atoms with Gasteiger partial charge < -0.3 is 10.5 Å². The molecule has 18 heavy (non-hydrogen) atoms. The second-order valence-corrected chi connectivity index (χ2v) is 5.59.